The summed E-state index contributed by atoms with van der Waals surface area (Å²) in [6.07, 6.45) is 0.917. The molecule has 27 heavy (non-hydrogen) atoms. The second kappa shape index (κ2) is 7.39. The van der Waals surface area contributed by atoms with Crippen molar-refractivity contribution in [3.63, 3.8) is 0 Å². The molecule has 0 unspecified atom stereocenters. The summed E-state index contributed by atoms with van der Waals surface area (Å²) < 4.78 is 29.0. The molecule has 0 radical (unpaired) electrons. The fourth-order valence-corrected chi connectivity index (χ4v) is 6.33. The maximum Gasteiger partial charge on any atom is 0.271 e. The zero-order valence-electron chi connectivity index (χ0n) is 13.9. The Bertz CT molecular complexity index is 1140. The maximum absolute atomic E-state index is 12.6. The number of aliphatic imine (C=N–C) groups is 1. The number of nitrogens with one attached hydrogen (secondary N) is 1. The van der Waals surface area contributed by atoms with E-state index in [2.05, 4.69) is 37.8 Å². The second-order valence-electron chi connectivity index (χ2n) is 6.01. The topological polar surface area (TPSA) is 58.5 Å². The van der Waals surface area contributed by atoms with Gasteiger partial charge in [-0.2, -0.15) is 0 Å². The van der Waals surface area contributed by atoms with Crippen LogP contribution in [0.3, 0.4) is 0 Å². The molecule has 0 saturated carbocycles. The van der Waals surface area contributed by atoms with E-state index < -0.39 is 10.0 Å². The van der Waals surface area contributed by atoms with Gasteiger partial charge in [0.15, 0.2) is 0 Å². The number of fused-ring (bicyclic) bond motifs is 1. The lowest BCUT2D eigenvalue weighted by molar-refractivity contribution is 0.603. The molecule has 0 amide bonds. The van der Waals surface area contributed by atoms with Crippen molar-refractivity contribution in [2.45, 2.75) is 10.6 Å². The van der Waals surface area contributed by atoms with Crippen molar-refractivity contribution in [1.82, 2.24) is 0 Å². The van der Waals surface area contributed by atoms with Crippen LogP contribution >= 0.6 is 38.9 Å². The van der Waals surface area contributed by atoms with E-state index in [0.717, 1.165) is 41.1 Å². The van der Waals surface area contributed by atoms with Crippen molar-refractivity contribution in [2.75, 3.05) is 11.3 Å². The molecule has 4 rings (SSSR count). The van der Waals surface area contributed by atoms with E-state index >= 15 is 0 Å². The van der Waals surface area contributed by atoms with Crippen molar-refractivity contribution in [1.29, 1.82) is 0 Å². The van der Waals surface area contributed by atoms with Crippen molar-refractivity contribution in [2.24, 2.45) is 4.99 Å². The molecule has 138 valence electrons. The summed E-state index contributed by atoms with van der Waals surface area (Å²) in [7, 11) is -3.71. The highest BCUT2D eigenvalue weighted by Gasteiger charge is 2.20. The predicted molar refractivity (Wildman–Crippen MR) is 115 cm³/mol. The van der Waals surface area contributed by atoms with E-state index in [0.29, 0.717) is 14.5 Å². The zero-order chi connectivity index (χ0) is 19.0. The van der Waals surface area contributed by atoms with Crippen LogP contribution in [0.5, 0.6) is 0 Å². The molecule has 8 heteroatoms. The highest BCUT2D eigenvalue weighted by atomic mass is 79.9. The van der Waals surface area contributed by atoms with Crippen LogP contribution in [0.1, 0.15) is 16.7 Å². The van der Waals surface area contributed by atoms with Crippen LogP contribution in [-0.4, -0.2) is 20.7 Å². The van der Waals surface area contributed by atoms with Gasteiger partial charge in [0.2, 0.25) is 0 Å². The summed E-state index contributed by atoms with van der Waals surface area (Å²) in [5.41, 5.74) is 4.61. The van der Waals surface area contributed by atoms with E-state index in [1.54, 1.807) is 6.07 Å². The Labute approximate surface area is 175 Å². The van der Waals surface area contributed by atoms with Crippen molar-refractivity contribution in [3.05, 3.63) is 80.1 Å². The predicted octanol–water partition coefficient (Wildman–Crippen LogP) is 5.36. The SMILES string of the molecule is O=S(=O)(Nc1cccc(C2=NCCc3ccccc32)c1)c1cc(Br)c(Cl)s1. The summed E-state index contributed by atoms with van der Waals surface area (Å²) in [4.78, 5) is 4.67. The summed E-state index contributed by atoms with van der Waals surface area (Å²) in [5, 5.41) is 0. The third-order valence-electron chi connectivity index (χ3n) is 4.20. The van der Waals surface area contributed by atoms with Crippen molar-refractivity contribution >= 4 is 60.3 Å². The molecular weight excluding hydrogens is 468 g/mol. The van der Waals surface area contributed by atoms with Gasteiger partial charge in [0.05, 0.1) is 5.71 Å². The van der Waals surface area contributed by atoms with Gasteiger partial charge in [-0.3, -0.25) is 9.71 Å². The van der Waals surface area contributed by atoms with Crippen LogP contribution in [0.2, 0.25) is 4.34 Å². The first-order chi connectivity index (χ1) is 12.9. The number of hydrogen-bond donors (Lipinski definition) is 1. The van der Waals surface area contributed by atoms with Gasteiger partial charge in [-0.1, -0.05) is 48.0 Å². The minimum absolute atomic E-state index is 0.158. The van der Waals surface area contributed by atoms with Crippen LogP contribution < -0.4 is 4.72 Å². The quantitative estimate of drug-likeness (QED) is 0.545. The molecular formula is C19H14BrClN2O2S2. The Morgan fingerprint density at radius 3 is 2.70 bits per heavy atom. The van der Waals surface area contributed by atoms with Gasteiger partial charge in [0.1, 0.15) is 8.55 Å². The molecule has 4 nitrogen and oxygen atoms in total. The average molecular weight is 482 g/mol. The Hall–Kier alpha value is -1.67. The van der Waals surface area contributed by atoms with Crippen LogP contribution in [0, 0.1) is 0 Å². The van der Waals surface area contributed by atoms with Crippen LogP contribution in [-0.2, 0) is 16.4 Å². The Morgan fingerprint density at radius 2 is 1.93 bits per heavy atom. The summed E-state index contributed by atoms with van der Waals surface area (Å²) in [5.74, 6) is 0. The largest absolute Gasteiger partial charge is 0.284 e. The van der Waals surface area contributed by atoms with Crippen molar-refractivity contribution < 1.29 is 8.42 Å². The van der Waals surface area contributed by atoms with Gasteiger partial charge in [0.25, 0.3) is 10.0 Å². The van der Waals surface area contributed by atoms with Gasteiger partial charge in [-0.25, -0.2) is 8.42 Å². The number of halogens is 2. The lowest BCUT2D eigenvalue weighted by atomic mass is 9.93. The smallest absolute Gasteiger partial charge is 0.271 e. The minimum Gasteiger partial charge on any atom is -0.284 e. The van der Waals surface area contributed by atoms with Gasteiger partial charge in [-0.05, 0) is 46.1 Å². The molecule has 2 aromatic carbocycles. The molecule has 1 aliphatic rings. The Balaban J connectivity index is 1.67. The summed E-state index contributed by atoms with van der Waals surface area (Å²) in [6, 6.07) is 17.0. The number of benzene rings is 2. The summed E-state index contributed by atoms with van der Waals surface area (Å²) in [6.45, 7) is 0.726. The van der Waals surface area contributed by atoms with E-state index in [-0.39, 0.29) is 4.21 Å². The molecule has 3 aromatic rings. The Morgan fingerprint density at radius 1 is 1.11 bits per heavy atom. The molecule has 1 aliphatic heterocycles. The lowest BCUT2D eigenvalue weighted by Crippen LogP contribution is -2.15. The highest BCUT2D eigenvalue weighted by molar-refractivity contribution is 9.10. The number of thiophene rings is 1. The number of sulfonamides is 1. The third kappa shape index (κ3) is 3.82. The van der Waals surface area contributed by atoms with Gasteiger partial charge < -0.3 is 0 Å². The number of nitrogens with zero attached hydrogens (tertiary/aromatic N) is 1. The van der Waals surface area contributed by atoms with E-state index in [4.69, 9.17) is 11.6 Å². The van der Waals surface area contributed by atoms with Gasteiger partial charge >= 0.3 is 0 Å². The lowest BCUT2D eigenvalue weighted by Gasteiger charge is -2.17. The van der Waals surface area contributed by atoms with Crippen LogP contribution in [0.15, 0.2) is 68.3 Å². The summed E-state index contributed by atoms with van der Waals surface area (Å²) >= 11 is 10.2. The van der Waals surface area contributed by atoms with Gasteiger partial charge in [0, 0.05) is 27.8 Å². The number of rotatable bonds is 4. The minimum atomic E-state index is -3.71. The van der Waals surface area contributed by atoms with Crippen LogP contribution in [0.4, 0.5) is 5.69 Å². The van der Waals surface area contributed by atoms with Crippen molar-refractivity contribution in [3.8, 4) is 0 Å². The monoisotopic (exact) mass is 480 g/mol. The molecule has 0 aliphatic carbocycles. The molecule has 0 spiro atoms. The van der Waals surface area contributed by atoms with E-state index in [1.807, 2.05) is 30.3 Å². The molecule has 1 aromatic heterocycles. The highest BCUT2D eigenvalue weighted by Crippen LogP contribution is 2.35. The van der Waals surface area contributed by atoms with Crippen LogP contribution in [0.25, 0.3) is 0 Å². The molecule has 2 heterocycles. The van der Waals surface area contributed by atoms with E-state index in [1.165, 1.54) is 11.6 Å². The molecule has 0 atom stereocenters. The van der Waals surface area contributed by atoms with Gasteiger partial charge in [-0.15, -0.1) is 11.3 Å². The first kappa shape index (κ1) is 18.7. The third-order valence-corrected chi connectivity index (χ3v) is 8.53. The average Bonchev–Trinajstić information content (AvgIpc) is 3.01. The maximum atomic E-state index is 12.6. The number of hydrogen-bond acceptors (Lipinski definition) is 4. The normalized spacial score (nSPS) is 13.8. The fourth-order valence-electron chi connectivity index (χ4n) is 2.98. The second-order valence-corrected chi connectivity index (χ2v) is 10.4. The molecule has 1 N–H and O–H groups in total. The zero-order valence-corrected chi connectivity index (χ0v) is 17.9. The molecule has 0 bridgehead atoms. The number of anilines is 1. The molecule has 0 saturated heterocycles. The van der Waals surface area contributed by atoms with E-state index in [9.17, 15) is 8.42 Å². The Kier molecular flexibility index (Phi) is 5.11. The standard InChI is InChI=1S/C19H14BrClN2O2S2/c20-16-11-17(26-19(16)21)27(24,25)23-14-6-3-5-13(10-14)18-15-7-2-1-4-12(15)8-9-22-18/h1-7,10-11,23H,8-9H2. The fraction of sp³-hybridized carbons (Fsp3) is 0.105. The molecule has 0 fully saturated rings. The first-order valence-corrected chi connectivity index (χ1v) is 11.6. The first-order valence-electron chi connectivity index (χ1n) is 8.15.